The largest absolute Gasteiger partial charge is 0.332 e. The van der Waals surface area contributed by atoms with Crippen molar-refractivity contribution in [2.24, 2.45) is 12.8 Å². The summed E-state index contributed by atoms with van der Waals surface area (Å²) in [5.41, 5.74) is 5.91. The van der Waals surface area contributed by atoms with Crippen molar-refractivity contribution in [3.63, 3.8) is 0 Å². The van der Waals surface area contributed by atoms with E-state index in [0.717, 1.165) is 5.82 Å². The fraction of sp³-hybridized carbons (Fsp3) is 0.615. The summed E-state index contributed by atoms with van der Waals surface area (Å²) in [6, 6.07) is 0. The zero-order valence-electron chi connectivity index (χ0n) is 12.4. The Morgan fingerprint density at radius 1 is 1.25 bits per heavy atom. The molecule has 2 aromatic rings. The van der Waals surface area contributed by atoms with Crippen LogP contribution in [0.15, 0.2) is 9.59 Å². The number of nitrogens with two attached hydrogens (primary N) is 1. The fourth-order valence-corrected chi connectivity index (χ4v) is 2.46. The molecule has 2 heterocycles. The minimum atomic E-state index is -0.335. The highest BCUT2D eigenvalue weighted by atomic mass is 16.2. The maximum absolute atomic E-state index is 12.5. The van der Waals surface area contributed by atoms with E-state index in [1.807, 2.05) is 18.4 Å². The van der Waals surface area contributed by atoms with Crippen molar-refractivity contribution in [3.8, 4) is 0 Å². The van der Waals surface area contributed by atoms with Crippen molar-refractivity contribution in [3.05, 3.63) is 26.7 Å². The highest BCUT2D eigenvalue weighted by Gasteiger charge is 2.20. The van der Waals surface area contributed by atoms with Crippen LogP contribution >= 0.6 is 0 Å². The summed E-state index contributed by atoms with van der Waals surface area (Å²) in [7, 11) is 1.64. The highest BCUT2D eigenvalue weighted by Crippen LogP contribution is 2.18. The number of aromatic nitrogens is 4. The Balaban J connectivity index is 3.00. The first-order valence-corrected chi connectivity index (χ1v) is 6.84. The number of hydrogen-bond donors (Lipinski definition) is 1. The lowest BCUT2D eigenvalue weighted by atomic mass is 10.2. The zero-order valence-corrected chi connectivity index (χ0v) is 12.4. The van der Waals surface area contributed by atoms with Gasteiger partial charge >= 0.3 is 5.69 Å². The summed E-state index contributed by atoms with van der Waals surface area (Å²) in [6.45, 7) is 7.06. The van der Waals surface area contributed by atoms with Gasteiger partial charge in [0.05, 0.1) is 0 Å². The summed E-state index contributed by atoms with van der Waals surface area (Å²) in [5.74, 6) is 0.935. The average molecular weight is 279 g/mol. The number of fused-ring (bicyclic) bond motifs is 1. The van der Waals surface area contributed by atoms with Crippen LogP contribution in [0.5, 0.6) is 0 Å². The molecule has 0 radical (unpaired) electrons. The molecule has 0 bridgehead atoms. The van der Waals surface area contributed by atoms with Gasteiger partial charge in [-0.1, -0.05) is 13.8 Å². The van der Waals surface area contributed by atoms with Crippen LogP contribution in [0.1, 0.15) is 32.5 Å². The minimum Gasteiger partial charge on any atom is -0.329 e. The second-order valence-electron chi connectivity index (χ2n) is 5.13. The third kappa shape index (κ3) is 1.98. The maximum Gasteiger partial charge on any atom is 0.332 e. The first-order valence-electron chi connectivity index (χ1n) is 6.84. The smallest absolute Gasteiger partial charge is 0.329 e. The summed E-state index contributed by atoms with van der Waals surface area (Å²) >= 11 is 0. The second kappa shape index (κ2) is 5.24. The van der Waals surface area contributed by atoms with Gasteiger partial charge in [0.2, 0.25) is 0 Å². The summed E-state index contributed by atoms with van der Waals surface area (Å²) in [6.07, 6.45) is 0. The van der Waals surface area contributed by atoms with Crippen molar-refractivity contribution < 1.29 is 0 Å². The van der Waals surface area contributed by atoms with E-state index < -0.39 is 0 Å². The van der Waals surface area contributed by atoms with Crippen LogP contribution < -0.4 is 17.0 Å². The molecule has 0 amide bonds. The van der Waals surface area contributed by atoms with E-state index in [4.69, 9.17) is 5.73 Å². The van der Waals surface area contributed by atoms with Gasteiger partial charge in [0, 0.05) is 32.6 Å². The molecule has 7 nitrogen and oxygen atoms in total. The van der Waals surface area contributed by atoms with Crippen LogP contribution in [-0.4, -0.2) is 25.2 Å². The van der Waals surface area contributed by atoms with E-state index in [1.54, 1.807) is 14.0 Å². The maximum atomic E-state index is 12.5. The lowest BCUT2D eigenvalue weighted by Gasteiger charge is -2.10. The molecule has 2 N–H and O–H groups in total. The first kappa shape index (κ1) is 14.5. The molecule has 0 fully saturated rings. The van der Waals surface area contributed by atoms with Crippen LogP contribution in [0.3, 0.4) is 0 Å². The molecule has 110 valence electrons. The van der Waals surface area contributed by atoms with E-state index in [1.165, 1.54) is 9.13 Å². The van der Waals surface area contributed by atoms with Gasteiger partial charge in [0.1, 0.15) is 5.82 Å². The lowest BCUT2D eigenvalue weighted by molar-refractivity contribution is 0.622. The predicted molar refractivity (Wildman–Crippen MR) is 78.1 cm³/mol. The van der Waals surface area contributed by atoms with E-state index in [0.29, 0.717) is 30.8 Å². The molecule has 2 rings (SSSR count). The van der Waals surface area contributed by atoms with Crippen molar-refractivity contribution in [2.45, 2.75) is 39.8 Å². The number of rotatable bonds is 4. The SMILES string of the molecule is CCn1c(=O)c2c(nc(C(C)C)n2CCN)n(C)c1=O. The Morgan fingerprint density at radius 3 is 2.40 bits per heavy atom. The monoisotopic (exact) mass is 279 g/mol. The third-order valence-corrected chi connectivity index (χ3v) is 3.45. The van der Waals surface area contributed by atoms with Gasteiger partial charge in [0.25, 0.3) is 5.56 Å². The molecule has 0 aliphatic rings. The van der Waals surface area contributed by atoms with E-state index in [-0.39, 0.29) is 17.2 Å². The number of nitrogens with zero attached hydrogens (tertiary/aromatic N) is 4. The molecular formula is C13H21N5O2. The minimum absolute atomic E-state index is 0.151. The first-order chi connectivity index (χ1) is 9.43. The average Bonchev–Trinajstić information content (AvgIpc) is 2.77. The van der Waals surface area contributed by atoms with Gasteiger partial charge in [-0.25, -0.2) is 9.78 Å². The Bertz CT molecular complexity index is 751. The number of aryl methyl sites for hydroxylation is 1. The molecule has 0 unspecified atom stereocenters. The molecule has 7 heteroatoms. The quantitative estimate of drug-likeness (QED) is 0.853. The van der Waals surface area contributed by atoms with Gasteiger partial charge in [-0.3, -0.25) is 13.9 Å². The Morgan fingerprint density at radius 2 is 1.90 bits per heavy atom. The van der Waals surface area contributed by atoms with Crippen LogP contribution in [0.25, 0.3) is 11.2 Å². The van der Waals surface area contributed by atoms with Gasteiger partial charge < -0.3 is 10.3 Å². The summed E-state index contributed by atoms with van der Waals surface area (Å²) in [5, 5.41) is 0. The topological polar surface area (TPSA) is 87.8 Å². The molecule has 0 aliphatic carbocycles. The van der Waals surface area contributed by atoms with E-state index in [9.17, 15) is 9.59 Å². The number of hydrogen-bond acceptors (Lipinski definition) is 4. The molecule has 20 heavy (non-hydrogen) atoms. The predicted octanol–water partition coefficient (Wildman–Crippen LogP) is -0.00130. The Labute approximate surface area is 116 Å². The molecule has 0 saturated carbocycles. The van der Waals surface area contributed by atoms with Crippen molar-refractivity contribution in [2.75, 3.05) is 6.54 Å². The highest BCUT2D eigenvalue weighted by molar-refractivity contribution is 5.71. The lowest BCUT2D eigenvalue weighted by Crippen LogP contribution is -2.39. The van der Waals surface area contributed by atoms with Crippen LogP contribution in [-0.2, 0) is 20.1 Å². The Kier molecular flexibility index (Phi) is 3.80. The van der Waals surface area contributed by atoms with Crippen molar-refractivity contribution in [1.82, 2.24) is 18.7 Å². The van der Waals surface area contributed by atoms with E-state index >= 15 is 0 Å². The second-order valence-corrected chi connectivity index (χ2v) is 5.13. The van der Waals surface area contributed by atoms with Crippen LogP contribution in [0.4, 0.5) is 0 Å². The van der Waals surface area contributed by atoms with Gasteiger partial charge in [-0.2, -0.15) is 0 Å². The summed E-state index contributed by atoms with van der Waals surface area (Å²) in [4.78, 5) is 29.1. The van der Waals surface area contributed by atoms with E-state index in [2.05, 4.69) is 4.98 Å². The van der Waals surface area contributed by atoms with Gasteiger partial charge in [-0.15, -0.1) is 0 Å². The molecular weight excluding hydrogens is 258 g/mol. The van der Waals surface area contributed by atoms with Gasteiger partial charge in [-0.05, 0) is 6.92 Å². The molecule has 0 atom stereocenters. The summed E-state index contributed by atoms with van der Waals surface area (Å²) < 4.78 is 4.49. The zero-order chi connectivity index (χ0) is 15.0. The molecule has 0 spiro atoms. The van der Waals surface area contributed by atoms with Crippen LogP contribution in [0.2, 0.25) is 0 Å². The molecule has 0 aromatic carbocycles. The van der Waals surface area contributed by atoms with Crippen LogP contribution in [0, 0.1) is 0 Å². The molecule has 0 saturated heterocycles. The molecule has 2 aromatic heterocycles. The number of imidazole rings is 1. The third-order valence-electron chi connectivity index (χ3n) is 3.45. The normalized spacial score (nSPS) is 11.7. The van der Waals surface area contributed by atoms with Crippen molar-refractivity contribution >= 4 is 11.2 Å². The van der Waals surface area contributed by atoms with Crippen molar-refractivity contribution in [1.29, 1.82) is 0 Å². The standard InChI is InChI=1S/C13H21N5O2/c1-5-17-12(19)9-11(16(4)13(17)20)15-10(8(2)3)18(9)7-6-14/h8H,5-7,14H2,1-4H3. The fourth-order valence-electron chi connectivity index (χ4n) is 2.46. The molecule has 0 aliphatic heterocycles. The Hall–Kier alpha value is -1.89. The van der Waals surface area contributed by atoms with Gasteiger partial charge in [0.15, 0.2) is 11.2 Å².